The van der Waals surface area contributed by atoms with E-state index in [1.54, 1.807) is 23.9 Å². The highest BCUT2D eigenvalue weighted by Gasteiger charge is 2.31. The number of fused-ring (bicyclic) bond motifs is 1. The van der Waals surface area contributed by atoms with Gasteiger partial charge in [0.1, 0.15) is 17.1 Å². The zero-order chi connectivity index (χ0) is 22.2. The van der Waals surface area contributed by atoms with Crippen molar-refractivity contribution in [2.75, 3.05) is 18.4 Å². The van der Waals surface area contributed by atoms with Crippen molar-refractivity contribution in [1.29, 1.82) is 0 Å². The van der Waals surface area contributed by atoms with Crippen LogP contribution in [0.2, 0.25) is 0 Å². The van der Waals surface area contributed by atoms with E-state index < -0.39 is 6.36 Å². The molecule has 1 N–H and O–H groups in total. The lowest BCUT2D eigenvalue weighted by Crippen LogP contribution is -2.39. The van der Waals surface area contributed by atoms with E-state index in [4.69, 9.17) is 0 Å². The first-order valence-corrected chi connectivity index (χ1v) is 10.5. The van der Waals surface area contributed by atoms with Gasteiger partial charge in [0.15, 0.2) is 0 Å². The van der Waals surface area contributed by atoms with Crippen molar-refractivity contribution in [3.05, 3.63) is 42.2 Å². The molecule has 7 nitrogen and oxygen atoms in total. The van der Waals surface area contributed by atoms with Gasteiger partial charge in [0, 0.05) is 42.2 Å². The highest BCUT2D eigenvalue weighted by Crippen LogP contribution is 2.26. The van der Waals surface area contributed by atoms with Gasteiger partial charge < -0.3 is 19.5 Å². The predicted octanol–water partition coefficient (Wildman–Crippen LogP) is 4.61. The van der Waals surface area contributed by atoms with Crippen LogP contribution in [-0.2, 0) is 7.05 Å². The van der Waals surface area contributed by atoms with Gasteiger partial charge in [0.25, 0.3) is 5.91 Å². The highest BCUT2D eigenvalue weighted by atomic mass is 79.9. The molecule has 0 saturated carbocycles. The lowest BCUT2D eigenvalue weighted by molar-refractivity contribution is -0.274. The van der Waals surface area contributed by atoms with Gasteiger partial charge >= 0.3 is 6.36 Å². The largest absolute Gasteiger partial charge is 0.573 e. The number of piperidine rings is 1. The van der Waals surface area contributed by atoms with Crippen molar-refractivity contribution in [2.45, 2.75) is 24.0 Å². The number of alkyl halides is 4. The minimum atomic E-state index is -4.74. The van der Waals surface area contributed by atoms with E-state index in [1.807, 2.05) is 4.90 Å². The first-order valence-electron chi connectivity index (χ1n) is 9.58. The summed E-state index contributed by atoms with van der Waals surface area (Å²) in [5, 5.41) is 3.67. The van der Waals surface area contributed by atoms with Gasteiger partial charge in [0.2, 0.25) is 5.95 Å². The number of halogens is 4. The summed E-state index contributed by atoms with van der Waals surface area (Å²) in [6, 6.07) is 7.03. The molecular formula is C20H19BrF3N5O2. The first-order chi connectivity index (χ1) is 14.7. The maximum atomic E-state index is 12.9. The van der Waals surface area contributed by atoms with Crippen LogP contribution in [-0.4, -0.2) is 49.6 Å². The van der Waals surface area contributed by atoms with E-state index in [1.165, 1.54) is 24.3 Å². The maximum Gasteiger partial charge on any atom is 0.573 e. The van der Waals surface area contributed by atoms with Crippen LogP contribution in [0, 0.1) is 0 Å². The molecule has 0 bridgehead atoms. The number of hydrogen-bond acceptors (Lipinski definition) is 5. The minimum absolute atomic E-state index is 0.0466. The number of likely N-dealkylation sites (tertiary alicyclic amines) is 1. The van der Waals surface area contributed by atoms with Gasteiger partial charge in [-0.05, 0) is 43.2 Å². The monoisotopic (exact) mass is 497 g/mol. The molecule has 0 radical (unpaired) electrons. The second kappa shape index (κ2) is 8.37. The van der Waals surface area contributed by atoms with Crippen molar-refractivity contribution in [1.82, 2.24) is 19.4 Å². The van der Waals surface area contributed by atoms with Gasteiger partial charge in [-0.2, -0.15) is 4.98 Å². The van der Waals surface area contributed by atoms with Crippen molar-refractivity contribution in [3.8, 4) is 5.75 Å². The summed E-state index contributed by atoms with van der Waals surface area (Å²) < 4.78 is 42.4. The Labute approximate surface area is 184 Å². The number of anilines is 2. The number of rotatable bonds is 4. The van der Waals surface area contributed by atoms with Gasteiger partial charge in [-0.15, -0.1) is 13.2 Å². The van der Waals surface area contributed by atoms with E-state index in [0.29, 0.717) is 34.9 Å². The molecule has 1 aromatic carbocycles. The summed E-state index contributed by atoms with van der Waals surface area (Å²) in [6.07, 6.45) is -1.31. The van der Waals surface area contributed by atoms with Crippen LogP contribution in [0.5, 0.6) is 5.75 Å². The number of benzene rings is 1. The highest BCUT2D eigenvalue weighted by molar-refractivity contribution is 9.09. The van der Waals surface area contributed by atoms with Crippen LogP contribution in [0.25, 0.3) is 11.0 Å². The number of nitrogens with one attached hydrogen (secondary N) is 1. The van der Waals surface area contributed by atoms with E-state index in [-0.39, 0.29) is 17.6 Å². The van der Waals surface area contributed by atoms with E-state index >= 15 is 0 Å². The molecule has 0 aliphatic carbocycles. The molecule has 3 heterocycles. The first kappa shape index (κ1) is 21.4. The Hall–Kier alpha value is -2.82. The summed E-state index contributed by atoms with van der Waals surface area (Å²) in [7, 11) is 1.77. The summed E-state index contributed by atoms with van der Waals surface area (Å²) in [5.74, 6) is -0.101. The molecule has 31 heavy (non-hydrogen) atoms. The Morgan fingerprint density at radius 1 is 1.23 bits per heavy atom. The van der Waals surface area contributed by atoms with Crippen LogP contribution in [0.4, 0.5) is 24.8 Å². The summed E-state index contributed by atoms with van der Waals surface area (Å²) in [4.78, 5) is 23.9. The quantitative estimate of drug-likeness (QED) is 0.533. The fourth-order valence-electron chi connectivity index (χ4n) is 3.46. The molecule has 0 spiro atoms. The summed E-state index contributed by atoms with van der Waals surface area (Å²) >= 11 is 3.59. The SMILES string of the molecule is Cn1c(C(=O)N2CCC(Br)CC2)cc2cnc(Nc3ccc(OC(F)(F)F)cc3)nc21. The molecule has 1 aliphatic rings. The third-order valence-corrected chi connectivity index (χ3v) is 5.96. The Morgan fingerprint density at radius 3 is 2.55 bits per heavy atom. The topological polar surface area (TPSA) is 72.3 Å². The number of aryl methyl sites for hydroxylation is 1. The molecule has 0 unspecified atom stereocenters. The van der Waals surface area contributed by atoms with Crippen molar-refractivity contribution < 1.29 is 22.7 Å². The lowest BCUT2D eigenvalue weighted by atomic mass is 10.1. The predicted molar refractivity (Wildman–Crippen MR) is 113 cm³/mol. The van der Waals surface area contributed by atoms with E-state index in [0.717, 1.165) is 18.2 Å². The van der Waals surface area contributed by atoms with Crippen LogP contribution in [0.3, 0.4) is 0 Å². The lowest BCUT2D eigenvalue weighted by Gasteiger charge is -2.29. The van der Waals surface area contributed by atoms with E-state index in [2.05, 4.69) is 36.0 Å². The van der Waals surface area contributed by atoms with Gasteiger partial charge in [0.05, 0.1) is 0 Å². The average molecular weight is 498 g/mol. The van der Waals surface area contributed by atoms with Gasteiger partial charge in [-0.1, -0.05) is 15.9 Å². The molecule has 1 aliphatic heterocycles. The Kier molecular flexibility index (Phi) is 5.78. The average Bonchev–Trinajstić information content (AvgIpc) is 3.05. The van der Waals surface area contributed by atoms with Crippen molar-refractivity contribution in [3.63, 3.8) is 0 Å². The number of amides is 1. The number of nitrogens with zero attached hydrogens (tertiary/aromatic N) is 4. The maximum absolute atomic E-state index is 12.9. The molecule has 4 rings (SSSR count). The fourth-order valence-corrected chi connectivity index (χ4v) is 3.87. The van der Waals surface area contributed by atoms with E-state index in [9.17, 15) is 18.0 Å². The van der Waals surface area contributed by atoms with Crippen LogP contribution >= 0.6 is 15.9 Å². The van der Waals surface area contributed by atoms with Crippen LogP contribution in [0.15, 0.2) is 36.5 Å². The Bertz CT molecular complexity index is 1090. The number of hydrogen-bond donors (Lipinski definition) is 1. The summed E-state index contributed by atoms with van der Waals surface area (Å²) in [5.41, 5.74) is 1.61. The zero-order valence-corrected chi connectivity index (χ0v) is 18.1. The number of aromatic nitrogens is 3. The van der Waals surface area contributed by atoms with Crippen LogP contribution < -0.4 is 10.1 Å². The zero-order valence-electron chi connectivity index (χ0n) is 16.5. The molecule has 1 saturated heterocycles. The third kappa shape index (κ3) is 4.92. The fraction of sp³-hybridized carbons (Fsp3) is 0.350. The third-order valence-electron chi connectivity index (χ3n) is 5.04. The molecule has 164 valence electrons. The molecule has 3 aromatic rings. The molecule has 2 aromatic heterocycles. The Balaban J connectivity index is 1.52. The molecular weight excluding hydrogens is 479 g/mol. The molecule has 1 amide bonds. The number of carbonyl (C=O) groups excluding carboxylic acids is 1. The number of ether oxygens (including phenoxy) is 1. The van der Waals surface area contributed by atoms with Crippen molar-refractivity contribution in [2.24, 2.45) is 7.05 Å². The molecule has 1 fully saturated rings. The smallest absolute Gasteiger partial charge is 0.406 e. The molecule has 11 heteroatoms. The summed E-state index contributed by atoms with van der Waals surface area (Å²) in [6.45, 7) is 1.39. The Morgan fingerprint density at radius 2 is 1.90 bits per heavy atom. The molecule has 0 atom stereocenters. The van der Waals surface area contributed by atoms with Crippen LogP contribution in [0.1, 0.15) is 23.3 Å². The van der Waals surface area contributed by atoms with Gasteiger partial charge in [-0.25, -0.2) is 4.98 Å². The van der Waals surface area contributed by atoms with Crippen molar-refractivity contribution >= 4 is 44.5 Å². The normalized spacial score (nSPS) is 15.3. The number of carbonyl (C=O) groups is 1. The van der Waals surface area contributed by atoms with Gasteiger partial charge in [-0.3, -0.25) is 4.79 Å². The second-order valence-corrected chi connectivity index (χ2v) is 8.52. The minimum Gasteiger partial charge on any atom is -0.406 e. The standard InChI is InChI=1S/C20H19BrF3N5O2/c1-28-16(18(30)29-8-6-13(21)7-9-29)10-12-11-25-19(27-17(12)28)26-14-2-4-15(5-3-14)31-20(22,23)24/h2-5,10-11,13H,6-9H2,1H3,(H,25,26,27). The second-order valence-electron chi connectivity index (χ2n) is 7.23.